The molecule has 0 aromatic carbocycles. The Balaban J connectivity index is 2.32. The van der Waals surface area contributed by atoms with Crippen LogP contribution in [-0.2, 0) is 6.42 Å². The fourth-order valence-electron chi connectivity index (χ4n) is 1.44. The van der Waals surface area contributed by atoms with Crippen molar-refractivity contribution in [3.8, 4) is 0 Å². The highest BCUT2D eigenvalue weighted by Gasteiger charge is 2.10. The number of nitrogens with zero attached hydrogens (tertiary/aromatic N) is 1. The second-order valence-electron chi connectivity index (χ2n) is 3.65. The smallest absolute Gasteiger partial charge is 0.317 e. The predicted molar refractivity (Wildman–Crippen MR) is 78.0 cm³/mol. The first-order valence-corrected chi connectivity index (χ1v) is 7.27. The SMILES string of the molecule is C=CCN(CCO)C(=O)NCCc1ccc(Br)s1. The second-order valence-corrected chi connectivity index (χ2v) is 6.19. The number of hydrogen-bond acceptors (Lipinski definition) is 3. The molecule has 0 aliphatic carbocycles. The highest BCUT2D eigenvalue weighted by molar-refractivity contribution is 9.11. The second kappa shape index (κ2) is 8.29. The van der Waals surface area contributed by atoms with E-state index in [1.165, 1.54) is 9.78 Å². The van der Waals surface area contributed by atoms with Gasteiger partial charge in [0.1, 0.15) is 0 Å². The molecule has 1 aromatic heterocycles. The molecule has 0 atom stereocenters. The quantitative estimate of drug-likeness (QED) is 0.752. The van der Waals surface area contributed by atoms with E-state index >= 15 is 0 Å². The van der Waals surface area contributed by atoms with Gasteiger partial charge in [-0.3, -0.25) is 0 Å². The number of halogens is 1. The molecule has 1 aromatic rings. The Bertz CT molecular complexity index is 395. The van der Waals surface area contributed by atoms with Crippen LogP contribution >= 0.6 is 27.3 Å². The van der Waals surface area contributed by atoms with E-state index < -0.39 is 0 Å². The van der Waals surface area contributed by atoms with Crippen molar-refractivity contribution in [1.29, 1.82) is 0 Å². The van der Waals surface area contributed by atoms with Crippen molar-refractivity contribution in [2.75, 3.05) is 26.2 Å². The lowest BCUT2D eigenvalue weighted by Gasteiger charge is -2.20. The Morgan fingerprint density at radius 2 is 2.39 bits per heavy atom. The molecule has 1 heterocycles. The number of thiophene rings is 1. The van der Waals surface area contributed by atoms with E-state index in [-0.39, 0.29) is 12.6 Å². The van der Waals surface area contributed by atoms with Crippen LogP contribution in [-0.4, -0.2) is 42.3 Å². The molecule has 0 fully saturated rings. The van der Waals surface area contributed by atoms with Crippen LogP contribution in [0.2, 0.25) is 0 Å². The number of rotatable bonds is 7. The molecule has 0 aliphatic heterocycles. The van der Waals surface area contributed by atoms with Crippen molar-refractivity contribution in [2.24, 2.45) is 0 Å². The van der Waals surface area contributed by atoms with Gasteiger partial charge < -0.3 is 15.3 Å². The fourth-order valence-corrected chi connectivity index (χ4v) is 2.93. The van der Waals surface area contributed by atoms with Gasteiger partial charge in [0.2, 0.25) is 0 Å². The van der Waals surface area contributed by atoms with E-state index in [1.54, 1.807) is 17.4 Å². The van der Waals surface area contributed by atoms with Crippen LogP contribution in [0, 0.1) is 0 Å². The number of nitrogens with one attached hydrogen (secondary N) is 1. The maximum Gasteiger partial charge on any atom is 0.317 e. The Kier molecular flexibility index (Phi) is 7.00. The standard InChI is InChI=1S/C12H17BrN2O2S/c1-2-7-15(8-9-16)12(17)14-6-5-10-3-4-11(13)18-10/h2-4,16H,1,5-9H2,(H,14,17). The minimum absolute atomic E-state index is 0.0425. The highest BCUT2D eigenvalue weighted by Crippen LogP contribution is 2.21. The van der Waals surface area contributed by atoms with Crippen molar-refractivity contribution >= 4 is 33.3 Å². The van der Waals surface area contributed by atoms with E-state index in [0.29, 0.717) is 19.6 Å². The van der Waals surface area contributed by atoms with Gasteiger partial charge in [0.05, 0.1) is 10.4 Å². The maximum absolute atomic E-state index is 11.8. The fraction of sp³-hybridized carbons (Fsp3) is 0.417. The molecule has 2 amide bonds. The Hall–Kier alpha value is -0.850. The summed E-state index contributed by atoms with van der Waals surface area (Å²) in [6, 6.07) is 3.87. The highest BCUT2D eigenvalue weighted by atomic mass is 79.9. The lowest BCUT2D eigenvalue weighted by Crippen LogP contribution is -2.42. The number of aliphatic hydroxyl groups excluding tert-OH is 1. The summed E-state index contributed by atoms with van der Waals surface area (Å²) in [5.41, 5.74) is 0. The summed E-state index contributed by atoms with van der Waals surface area (Å²) in [6.07, 6.45) is 2.45. The summed E-state index contributed by atoms with van der Waals surface area (Å²) < 4.78 is 1.09. The zero-order valence-corrected chi connectivity index (χ0v) is 12.5. The van der Waals surface area contributed by atoms with E-state index in [4.69, 9.17) is 5.11 Å². The van der Waals surface area contributed by atoms with Gasteiger partial charge in [-0.15, -0.1) is 17.9 Å². The normalized spacial score (nSPS) is 10.1. The van der Waals surface area contributed by atoms with E-state index in [1.807, 2.05) is 12.1 Å². The monoisotopic (exact) mass is 332 g/mol. The van der Waals surface area contributed by atoms with Gasteiger partial charge in [-0.05, 0) is 34.5 Å². The van der Waals surface area contributed by atoms with Crippen molar-refractivity contribution < 1.29 is 9.90 Å². The van der Waals surface area contributed by atoms with Crippen LogP contribution in [0.1, 0.15) is 4.88 Å². The van der Waals surface area contributed by atoms with Gasteiger partial charge in [-0.25, -0.2) is 4.79 Å². The average molecular weight is 333 g/mol. The molecule has 0 saturated heterocycles. The van der Waals surface area contributed by atoms with Gasteiger partial charge in [0, 0.05) is 24.5 Å². The van der Waals surface area contributed by atoms with Crippen LogP contribution in [0.5, 0.6) is 0 Å². The third-order valence-electron chi connectivity index (χ3n) is 2.28. The molecular weight excluding hydrogens is 316 g/mol. The minimum Gasteiger partial charge on any atom is -0.395 e. The molecule has 0 spiro atoms. The topological polar surface area (TPSA) is 52.6 Å². The van der Waals surface area contributed by atoms with Crippen molar-refractivity contribution in [2.45, 2.75) is 6.42 Å². The molecule has 0 radical (unpaired) electrons. The largest absolute Gasteiger partial charge is 0.395 e. The van der Waals surface area contributed by atoms with Crippen LogP contribution in [0.3, 0.4) is 0 Å². The molecule has 4 nitrogen and oxygen atoms in total. The number of amides is 2. The van der Waals surface area contributed by atoms with Crippen LogP contribution in [0.25, 0.3) is 0 Å². The molecule has 2 N–H and O–H groups in total. The average Bonchev–Trinajstić information content (AvgIpc) is 2.75. The Morgan fingerprint density at radius 1 is 1.61 bits per heavy atom. The molecule has 18 heavy (non-hydrogen) atoms. The van der Waals surface area contributed by atoms with Gasteiger partial charge in [0.25, 0.3) is 0 Å². The minimum atomic E-state index is -0.167. The van der Waals surface area contributed by atoms with E-state index in [2.05, 4.69) is 27.8 Å². The lowest BCUT2D eigenvalue weighted by molar-refractivity contribution is 0.184. The number of aliphatic hydroxyl groups is 1. The molecule has 0 aliphatic rings. The summed E-state index contributed by atoms with van der Waals surface area (Å²) in [7, 11) is 0. The molecule has 0 saturated carbocycles. The first-order valence-electron chi connectivity index (χ1n) is 5.66. The third kappa shape index (κ3) is 5.20. The Morgan fingerprint density at radius 3 is 2.94 bits per heavy atom. The number of carbonyl (C=O) groups is 1. The van der Waals surface area contributed by atoms with Gasteiger partial charge >= 0.3 is 6.03 Å². The van der Waals surface area contributed by atoms with Gasteiger partial charge in [-0.1, -0.05) is 6.08 Å². The van der Waals surface area contributed by atoms with E-state index in [9.17, 15) is 4.79 Å². The number of urea groups is 1. The number of carbonyl (C=O) groups excluding carboxylic acids is 1. The Labute approximate surface area is 119 Å². The van der Waals surface area contributed by atoms with Crippen LogP contribution < -0.4 is 5.32 Å². The summed E-state index contributed by atoms with van der Waals surface area (Å²) in [5, 5.41) is 11.7. The summed E-state index contributed by atoms with van der Waals surface area (Å²) in [4.78, 5) is 14.5. The zero-order valence-electron chi connectivity index (χ0n) is 10.1. The summed E-state index contributed by atoms with van der Waals surface area (Å²) >= 11 is 5.07. The van der Waals surface area contributed by atoms with Gasteiger partial charge in [0.15, 0.2) is 0 Å². The predicted octanol–water partition coefficient (Wildman–Crippen LogP) is 2.24. The first kappa shape index (κ1) is 15.2. The van der Waals surface area contributed by atoms with Crippen molar-refractivity contribution in [1.82, 2.24) is 10.2 Å². The molecular formula is C12H17BrN2O2S. The van der Waals surface area contributed by atoms with Crippen molar-refractivity contribution in [3.05, 3.63) is 33.5 Å². The molecule has 0 bridgehead atoms. The van der Waals surface area contributed by atoms with Crippen molar-refractivity contribution in [3.63, 3.8) is 0 Å². The molecule has 1 rings (SSSR count). The summed E-state index contributed by atoms with van der Waals surface area (Å²) in [6.45, 7) is 4.90. The van der Waals surface area contributed by atoms with Gasteiger partial charge in [-0.2, -0.15) is 0 Å². The summed E-state index contributed by atoms with van der Waals surface area (Å²) in [5.74, 6) is 0. The maximum atomic E-state index is 11.8. The number of hydrogen-bond donors (Lipinski definition) is 2. The molecule has 0 unspecified atom stereocenters. The van der Waals surface area contributed by atoms with E-state index in [0.717, 1.165) is 10.2 Å². The first-order chi connectivity index (χ1) is 8.67. The van der Waals surface area contributed by atoms with Crippen LogP contribution in [0.15, 0.2) is 28.6 Å². The van der Waals surface area contributed by atoms with Crippen LogP contribution in [0.4, 0.5) is 4.79 Å². The molecule has 100 valence electrons. The zero-order chi connectivity index (χ0) is 13.4. The lowest BCUT2D eigenvalue weighted by atomic mass is 10.3. The third-order valence-corrected chi connectivity index (χ3v) is 3.97. The molecule has 6 heteroatoms.